The van der Waals surface area contributed by atoms with Crippen LogP contribution in [0.4, 0.5) is 0 Å². The average molecular weight is 188 g/mol. The second-order valence-corrected chi connectivity index (χ2v) is 3.43. The molecule has 1 aliphatic rings. The van der Waals surface area contributed by atoms with Gasteiger partial charge < -0.3 is 10.4 Å². The maximum Gasteiger partial charge on any atom is 0.230 e. The lowest BCUT2D eigenvalue weighted by Crippen LogP contribution is -2.50. The molecule has 13 heavy (non-hydrogen) atoms. The van der Waals surface area contributed by atoms with Crippen LogP contribution in [0.3, 0.4) is 0 Å². The monoisotopic (exact) mass is 188 g/mol. The van der Waals surface area contributed by atoms with E-state index in [2.05, 4.69) is 24.0 Å². The van der Waals surface area contributed by atoms with Crippen molar-refractivity contribution in [3.8, 4) is 0 Å². The van der Waals surface area contributed by atoms with E-state index in [0.717, 1.165) is 13.1 Å². The number of hydrogen-bond acceptors (Lipinski definition) is 3. The van der Waals surface area contributed by atoms with E-state index in [1.807, 2.05) is 0 Å². The first-order valence-electron chi connectivity index (χ1n) is 4.46. The fourth-order valence-corrected chi connectivity index (χ4v) is 1.46. The summed E-state index contributed by atoms with van der Waals surface area (Å²) in [7, 11) is 0. The number of nitrogens with zero attached hydrogens (tertiary/aromatic N) is 4. The molecule has 1 aliphatic heterocycles. The fourth-order valence-electron chi connectivity index (χ4n) is 1.46. The summed E-state index contributed by atoms with van der Waals surface area (Å²) in [6, 6.07) is 0.508. The highest BCUT2D eigenvalue weighted by molar-refractivity contribution is 4.69. The number of rotatable bonds is 2. The molecule has 1 saturated heterocycles. The summed E-state index contributed by atoms with van der Waals surface area (Å²) in [4.78, 5) is 2.53. The van der Waals surface area contributed by atoms with E-state index in [1.54, 1.807) is 0 Å². The van der Waals surface area contributed by atoms with Gasteiger partial charge in [0.2, 0.25) is 5.28 Å². The van der Waals surface area contributed by atoms with E-state index in [9.17, 15) is 5.21 Å². The molecule has 0 bridgehead atoms. The Balaban J connectivity index is 2.39. The van der Waals surface area contributed by atoms with Gasteiger partial charge in [0.05, 0.1) is 18.1 Å². The van der Waals surface area contributed by atoms with Crippen molar-refractivity contribution in [1.82, 2.24) is 9.91 Å². The Bertz CT molecular complexity index is 187. The lowest BCUT2D eigenvalue weighted by Gasteiger charge is -2.33. The van der Waals surface area contributed by atoms with Crippen LogP contribution in [0.15, 0.2) is 5.28 Å². The minimum absolute atomic E-state index is 0.248. The van der Waals surface area contributed by atoms with Gasteiger partial charge in [-0.3, -0.25) is 4.90 Å². The zero-order valence-corrected chi connectivity index (χ0v) is 8.05. The summed E-state index contributed by atoms with van der Waals surface area (Å²) in [5, 5.41) is 23.1. The summed E-state index contributed by atoms with van der Waals surface area (Å²) >= 11 is 0. The molecule has 0 aliphatic carbocycles. The highest BCUT2D eigenvalue weighted by atomic mass is 16.6. The van der Waals surface area contributed by atoms with Crippen LogP contribution in [0.1, 0.15) is 13.8 Å². The maximum absolute atomic E-state index is 10.9. The fraction of sp³-hybridized carbons (Fsp3) is 1.00. The molecule has 0 amide bonds. The van der Waals surface area contributed by atoms with E-state index in [0.29, 0.717) is 19.1 Å². The van der Waals surface area contributed by atoms with E-state index in [-0.39, 0.29) is 4.97 Å². The zero-order valence-electron chi connectivity index (χ0n) is 8.05. The van der Waals surface area contributed by atoms with Gasteiger partial charge in [-0.2, -0.15) is 0 Å². The van der Waals surface area contributed by atoms with Crippen LogP contribution < -0.4 is 0 Å². The van der Waals surface area contributed by atoms with Gasteiger partial charge in [0, 0.05) is 19.1 Å². The molecule has 0 aromatic rings. The van der Waals surface area contributed by atoms with Crippen molar-refractivity contribution in [3.05, 3.63) is 5.21 Å². The molecule has 76 valence electrons. The van der Waals surface area contributed by atoms with Gasteiger partial charge in [0.1, 0.15) is 0 Å². The first-order chi connectivity index (χ1) is 6.15. The van der Waals surface area contributed by atoms with Crippen molar-refractivity contribution >= 4 is 0 Å². The van der Waals surface area contributed by atoms with Crippen LogP contribution >= 0.6 is 0 Å². The van der Waals surface area contributed by atoms with Gasteiger partial charge in [0.25, 0.3) is 0 Å². The number of piperazine rings is 1. The lowest BCUT2D eigenvalue weighted by atomic mass is 10.2. The summed E-state index contributed by atoms with van der Waals surface area (Å²) in [6.45, 7) is 7.16. The summed E-state index contributed by atoms with van der Waals surface area (Å²) in [5.74, 6) is 0. The molecule has 0 spiro atoms. The third-order valence-corrected chi connectivity index (χ3v) is 2.34. The molecule has 0 aromatic carbocycles. The van der Waals surface area contributed by atoms with Crippen LogP contribution in [0.5, 0.6) is 0 Å². The Kier molecular flexibility index (Phi) is 3.30. The SMILES string of the molecule is CC(C)N1CCN([N+]([O-])=NO)CC1. The Morgan fingerprint density at radius 3 is 2.23 bits per heavy atom. The quantitative estimate of drug-likeness (QED) is 0.384. The maximum atomic E-state index is 10.9. The van der Waals surface area contributed by atoms with Crippen molar-refractivity contribution in [2.75, 3.05) is 26.2 Å². The minimum Gasteiger partial charge on any atom is -0.569 e. The first-order valence-corrected chi connectivity index (χ1v) is 4.46. The average Bonchev–Trinajstić information content (AvgIpc) is 2.17. The van der Waals surface area contributed by atoms with Gasteiger partial charge in [-0.05, 0) is 13.8 Å². The van der Waals surface area contributed by atoms with Gasteiger partial charge in [-0.1, -0.05) is 0 Å². The molecule has 0 unspecified atom stereocenters. The van der Waals surface area contributed by atoms with Crippen molar-refractivity contribution in [2.24, 2.45) is 5.28 Å². The molecule has 6 nitrogen and oxygen atoms in total. The standard InChI is InChI=1S/C7H16N4O2/c1-7(2)9-3-5-10(6-4-9)11(13)8-12/h7,12H,3-6H2,1-2H3. The van der Waals surface area contributed by atoms with E-state index in [1.165, 1.54) is 5.01 Å². The van der Waals surface area contributed by atoms with Crippen LogP contribution in [0, 0.1) is 5.21 Å². The molecule has 1 fully saturated rings. The third kappa shape index (κ3) is 2.45. The molecule has 0 saturated carbocycles. The van der Waals surface area contributed by atoms with Crippen molar-refractivity contribution in [3.63, 3.8) is 0 Å². The first kappa shape index (κ1) is 10.0. The summed E-state index contributed by atoms with van der Waals surface area (Å²) in [5.41, 5.74) is 0. The van der Waals surface area contributed by atoms with E-state index in [4.69, 9.17) is 5.21 Å². The molecule has 1 N–H and O–H groups in total. The molecular formula is C7H16N4O2. The van der Waals surface area contributed by atoms with Gasteiger partial charge in [-0.15, -0.1) is 5.01 Å². The van der Waals surface area contributed by atoms with Crippen LogP contribution in [0.2, 0.25) is 0 Å². The van der Waals surface area contributed by atoms with Crippen molar-refractivity contribution in [2.45, 2.75) is 19.9 Å². The Hall–Kier alpha value is -1.04. The molecule has 1 heterocycles. The molecule has 0 aromatic heterocycles. The lowest BCUT2D eigenvalue weighted by molar-refractivity contribution is -0.711. The van der Waals surface area contributed by atoms with Crippen LogP contribution in [-0.2, 0) is 0 Å². The van der Waals surface area contributed by atoms with Crippen LogP contribution in [-0.4, -0.2) is 52.3 Å². The summed E-state index contributed by atoms with van der Waals surface area (Å²) < 4.78 is 0. The largest absolute Gasteiger partial charge is 0.569 e. The van der Waals surface area contributed by atoms with E-state index < -0.39 is 0 Å². The van der Waals surface area contributed by atoms with E-state index >= 15 is 0 Å². The minimum atomic E-state index is 0.248. The second-order valence-electron chi connectivity index (χ2n) is 3.43. The highest BCUT2D eigenvalue weighted by Gasteiger charge is 2.23. The highest BCUT2D eigenvalue weighted by Crippen LogP contribution is 2.05. The molecular weight excluding hydrogens is 172 g/mol. The second kappa shape index (κ2) is 4.27. The normalized spacial score (nSPS) is 21.2. The summed E-state index contributed by atoms with van der Waals surface area (Å²) in [6.07, 6.45) is 0. The zero-order chi connectivity index (χ0) is 9.84. The predicted octanol–water partition coefficient (Wildman–Crippen LogP) is 0.279. The van der Waals surface area contributed by atoms with Crippen molar-refractivity contribution < 1.29 is 10.2 Å². The number of hydrogen-bond donors (Lipinski definition) is 1. The topological polar surface area (TPSA) is 65.1 Å². The van der Waals surface area contributed by atoms with Gasteiger partial charge >= 0.3 is 0 Å². The Morgan fingerprint density at radius 2 is 1.85 bits per heavy atom. The Labute approximate surface area is 77.6 Å². The predicted molar refractivity (Wildman–Crippen MR) is 46.1 cm³/mol. The van der Waals surface area contributed by atoms with Crippen molar-refractivity contribution in [1.29, 1.82) is 0 Å². The van der Waals surface area contributed by atoms with Gasteiger partial charge in [-0.25, -0.2) is 0 Å². The Morgan fingerprint density at radius 1 is 1.31 bits per heavy atom. The van der Waals surface area contributed by atoms with Crippen LogP contribution in [0.25, 0.3) is 0 Å². The third-order valence-electron chi connectivity index (χ3n) is 2.34. The molecule has 1 rings (SSSR count). The molecule has 0 radical (unpaired) electrons. The van der Waals surface area contributed by atoms with Gasteiger partial charge in [0.15, 0.2) is 0 Å². The smallest absolute Gasteiger partial charge is 0.230 e. The molecule has 6 heteroatoms. The molecule has 0 atom stereocenters. The number of hydrazine groups is 1.